The van der Waals surface area contributed by atoms with Gasteiger partial charge in [0.2, 0.25) is 5.91 Å². The van der Waals surface area contributed by atoms with Crippen molar-refractivity contribution in [2.45, 2.75) is 58.0 Å². The van der Waals surface area contributed by atoms with E-state index in [0.717, 1.165) is 72.2 Å². The number of benzene rings is 3. The zero-order valence-corrected chi connectivity index (χ0v) is 22.3. The molecule has 2 aliphatic heterocycles. The van der Waals surface area contributed by atoms with Crippen LogP contribution in [-0.2, 0) is 6.54 Å². The molecular weight excluding hydrogens is 472 g/mol. The lowest BCUT2D eigenvalue weighted by Gasteiger charge is -2.34. The standard InChI is InChI=1S/C31H36N6O/c1-20(2)31-35-27-10-9-26(34-25-11-14-36(15-12-25)29-4-3-13-33-29)18-28(27)37(31)19-21-5-6-22-7-8-23(30(32)38)17-24(22)16-21/h5-10,16-18,20,25,34H,3-4,11-15,19H2,1-2H3,(H2,32,38). The second-order valence-electron chi connectivity index (χ2n) is 11.0. The Hall–Kier alpha value is -3.87. The second-order valence-corrected chi connectivity index (χ2v) is 11.0. The number of aliphatic imine (C=N–C) groups is 1. The van der Waals surface area contributed by atoms with Crippen molar-refractivity contribution in [2.75, 3.05) is 25.0 Å². The lowest BCUT2D eigenvalue weighted by atomic mass is 10.0. The van der Waals surface area contributed by atoms with Gasteiger partial charge in [-0.15, -0.1) is 0 Å². The Bertz CT molecular complexity index is 1530. The van der Waals surface area contributed by atoms with Crippen molar-refractivity contribution in [3.63, 3.8) is 0 Å². The number of carbonyl (C=O) groups is 1. The smallest absolute Gasteiger partial charge is 0.248 e. The molecule has 0 spiro atoms. The van der Waals surface area contributed by atoms with Gasteiger partial charge in [-0.1, -0.05) is 32.0 Å². The van der Waals surface area contributed by atoms with Crippen molar-refractivity contribution in [2.24, 2.45) is 10.7 Å². The maximum atomic E-state index is 11.7. The number of primary amides is 1. The maximum absolute atomic E-state index is 11.7. The molecule has 3 N–H and O–H groups in total. The Kier molecular flexibility index (Phi) is 6.52. The van der Waals surface area contributed by atoms with Gasteiger partial charge in [0.15, 0.2) is 0 Å². The highest BCUT2D eigenvalue weighted by atomic mass is 16.1. The third-order valence-electron chi connectivity index (χ3n) is 7.91. The number of nitrogens with one attached hydrogen (secondary N) is 1. The minimum Gasteiger partial charge on any atom is -0.382 e. The van der Waals surface area contributed by atoms with Crippen LogP contribution in [-0.4, -0.2) is 51.9 Å². The van der Waals surface area contributed by atoms with E-state index in [1.54, 1.807) is 6.07 Å². The number of imidazole rings is 1. The highest BCUT2D eigenvalue weighted by molar-refractivity contribution is 5.97. The fraction of sp³-hybridized carbons (Fsp3) is 0.387. The molecule has 0 radical (unpaired) electrons. The Morgan fingerprint density at radius 1 is 1.05 bits per heavy atom. The number of hydrogen-bond acceptors (Lipinski definition) is 5. The number of rotatable bonds is 6. The number of nitrogens with two attached hydrogens (primary N) is 1. The van der Waals surface area contributed by atoms with Crippen molar-refractivity contribution >= 4 is 39.2 Å². The van der Waals surface area contributed by atoms with E-state index in [0.29, 0.717) is 24.1 Å². The number of amides is 1. The van der Waals surface area contributed by atoms with Gasteiger partial charge in [0.1, 0.15) is 5.82 Å². The Labute approximate surface area is 223 Å². The number of nitrogens with zero attached hydrogens (tertiary/aromatic N) is 4. The van der Waals surface area contributed by atoms with Crippen molar-refractivity contribution in [1.29, 1.82) is 0 Å². The Balaban J connectivity index is 1.26. The van der Waals surface area contributed by atoms with Crippen LogP contribution in [0.4, 0.5) is 5.69 Å². The third-order valence-corrected chi connectivity index (χ3v) is 7.91. The molecule has 6 rings (SSSR count). The average Bonchev–Trinajstić information content (AvgIpc) is 3.58. The number of aromatic nitrogens is 2. The summed E-state index contributed by atoms with van der Waals surface area (Å²) < 4.78 is 2.34. The van der Waals surface area contributed by atoms with Crippen LogP contribution in [0.15, 0.2) is 59.6 Å². The number of fused-ring (bicyclic) bond motifs is 2. The number of likely N-dealkylation sites (tertiary alicyclic amines) is 1. The summed E-state index contributed by atoms with van der Waals surface area (Å²) in [6.07, 6.45) is 4.59. The van der Waals surface area contributed by atoms with E-state index in [1.165, 1.54) is 17.8 Å². The molecule has 3 heterocycles. The Morgan fingerprint density at radius 3 is 2.61 bits per heavy atom. The van der Waals surface area contributed by atoms with E-state index in [2.05, 4.69) is 70.0 Å². The number of amidine groups is 1. The predicted octanol–water partition coefficient (Wildman–Crippen LogP) is 5.53. The van der Waals surface area contributed by atoms with Crippen molar-refractivity contribution < 1.29 is 4.79 Å². The van der Waals surface area contributed by atoms with Gasteiger partial charge in [0.25, 0.3) is 0 Å². The van der Waals surface area contributed by atoms with Crippen LogP contribution in [0.1, 0.15) is 67.2 Å². The summed E-state index contributed by atoms with van der Waals surface area (Å²) in [5.41, 5.74) is 10.5. The monoisotopic (exact) mass is 508 g/mol. The van der Waals surface area contributed by atoms with E-state index in [-0.39, 0.29) is 0 Å². The number of piperidine rings is 1. The first-order valence-electron chi connectivity index (χ1n) is 13.8. The third kappa shape index (κ3) is 4.85. The SMILES string of the molecule is CC(C)c1nc2ccc(NC3CCN(C4=NCCC4)CC3)cc2n1Cc1ccc2ccc(C(N)=O)cc2c1. The number of hydrogen-bond donors (Lipinski definition) is 2. The fourth-order valence-corrected chi connectivity index (χ4v) is 5.87. The van der Waals surface area contributed by atoms with Gasteiger partial charge < -0.3 is 20.5 Å². The van der Waals surface area contributed by atoms with E-state index in [4.69, 9.17) is 10.7 Å². The van der Waals surface area contributed by atoms with Crippen molar-refractivity contribution in [3.8, 4) is 0 Å². The van der Waals surface area contributed by atoms with Crippen LogP contribution >= 0.6 is 0 Å². The molecule has 7 nitrogen and oxygen atoms in total. The highest BCUT2D eigenvalue weighted by Crippen LogP contribution is 2.28. The molecule has 0 saturated carbocycles. The van der Waals surface area contributed by atoms with Gasteiger partial charge in [-0.3, -0.25) is 9.79 Å². The fourth-order valence-electron chi connectivity index (χ4n) is 5.87. The number of anilines is 1. The van der Waals surface area contributed by atoms with Crippen LogP contribution in [0.3, 0.4) is 0 Å². The lowest BCUT2D eigenvalue weighted by molar-refractivity contribution is 0.100. The minimum absolute atomic E-state index is 0.295. The predicted molar refractivity (Wildman–Crippen MR) is 155 cm³/mol. The topological polar surface area (TPSA) is 88.5 Å². The molecule has 2 aliphatic rings. The van der Waals surface area contributed by atoms with Gasteiger partial charge in [0.05, 0.1) is 16.9 Å². The van der Waals surface area contributed by atoms with Crippen molar-refractivity contribution in [3.05, 3.63) is 71.5 Å². The summed E-state index contributed by atoms with van der Waals surface area (Å²) in [6, 6.07) is 19.1. The van der Waals surface area contributed by atoms with Crippen LogP contribution in [0.25, 0.3) is 21.8 Å². The lowest BCUT2D eigenvalue weighted by Crippen LogP contribution is -2.41. The van der Waals surface area contributed by atoms with E-state index >= 15 is 0 Å². The summed E-state index contributed by atoms with van der Waals surface area (Å²) >= 11 is 0. The molecule has 38 heavy (non-hydrogen) atoms. The molecule has 1 amide bonds. The molecule has 0 aliphatic carbocycles. The molecule has 0 atom stereocenters. The zero-order valence-electron chi connectivity index (χ0n) is 22.3. The summed E-state index contributed by atoms with van der Waals surface area (Å²) in [7, 11) is 0. The molecule has 0 unspecified atom stereocenters. The molecule has 1 aromatic heterocycles. The molecular formula is C31H36N6O. The van der Waals surface area contributed by atoms with Crippen LogP contribution < -0.4 is 11.1 Å². The van der Waals surface area contributed by atoms with Crippen molar-refractivity contribution in [1.82, 2.24) is 14.5 Å². The number of carbonyl (C=O) groups excluding carboxylic acids is 1. The molecule has 7 heteroatoms. The van der Waals surface area contributed by atoms with Gasteiger partial charge >= 0.3 is 0 Å². The van der Waals surface area contributed by atoms with Gasteiger partial charge in [-0.05, 0) is 72.0 Å². The molecule has 0 bridgehead atoms. The largest absolute Gasteiger partial charge is 0.382 e. The molecule has 4 aromatic rings. The summed E-state index contributed by atoms with van der Waals surface area (Å²) in [6.45, 7) is 8.25. The normalized spacial score (nSPS) is 16.5. The average molecular weight is 509 g/mol. The first-order chi connectivity index (χ1) is 18.4. The quantitative estimate of drug-likeness (QED) is 0.358. The Morgan fingerprint density at radius 2 is 1.87 bits per heavy atom. The van der Waals surface area contributed by atoms with Gasteiger partial charge in [-0.25, -0.2) is 4.98 Å². The van der Waals surface area contributed by atoms with Gasteiger partial charge in [-0.2, -0.15) is 0 Å². The first-order valence-corrected chi connectivity index (χ1v) is 13.8. The minimum atomic E-state index is -0.405. The van der Waals surface area contributed by atoms with E-state index in [1.807, 2.05) is 12.1 Å². The summed E-state index contributed by atoms with van der Waals surface area (Å²) in [4.78, 5) is 23.9. The molecule has 196 valence electrons. The van der Waals surface area contributed by atoms with E-state index in [9.17, 15) is 4.79 Å². The first kappa shape index (κ1) is 24.5. The summed E-state index contributed by atoms with van der Waals surface area (Å²) in [5.74, 6) is 2.28. The van der Waals surface area contributed by atoms with Gasteiger partial charge in [0, 0.05) is 55.8 Å². The van der Waals surface area contributed by atoms with E-state index < -0.39 is 5.91 Å². The highest BCUT2D eigenvalue weighted by Gasteiger charge is 2.23. The maximum Gasteiger partial charge on any atom is 0.248 e. The molecule has 1 saturated heterocycles. The van der Waals surface area contributed by atoms with Crippen LogP contribution in [0.5, 0.6) is 0 Å². The molecule has 1 fully saturated rings. The zero-order chi connectivity index (χ0) is 26.2. The van der Waals surface area contributed by atoms with Crippen LogP contribution in [0.2, 0.25) is 0 Å². The second kappa shape index (κ2) is 10.1. The molecule has 3 aromatic carbocycles. The summed E-state index contributed by atoms with van der Waals surface area (Å²) in [5, 5.41) is 5.92. The van der Waals surface area contributed by atoms with Crippen LogP contribution in [0, 0.1) is 0 Å².